The van der Waals surface area contributed by atoms with Gasteiger partial charge in [0.25, 0.3) is 0 Å². The van der Waals surface area contributed by atoms with Crippen molar-refractivity contribution < 1.29 is 24.2 Å². The second-order valence-electron chi connectivity index (χ2n) is 4.81. The van der Waals surface area contributed by atoms with Crippen LogP contribution in [0.5, 0.6) is 0 Å². The SMILES string of the molecule is COC(=O)c1cccc2c(C(=O)O)nc(C3CCOC3)n12. The molecular weight excluding hydrogens is 276 g/mol. The summed E-state index contributed by atoms with van der Waals surface area (Å²) in [4.78, 5) is 27.5. The second kappa shape index (κ2) is 5.17. The number of methoxy groups -OCH3 is 1. The van der Waals surface area contributed by atoms with Crippen LogP contribution in [-0.2, 0) is 9.47 Å². The first kappa shape index (κ1) is 13.6. The lowest BCUT2D eigenvalue weighted by Crippen LogP contribution is -2.12. The number of carboxylic acids is 1. The van der Waals surface area contributed by atoms with Crippen molar-refractivity contribution in [3.05, 3.63) is 35.4 Å². The van der Waals surface area contributed by atoms with Crippen LogP contribution in [0, 0.1) is 0 Å². The zero-order valence-corrected chi connectivity index (χ0v) is 11.4. The van der Waals surface area contributed by atoms with E-state index >= 15 is 0 Å². The molecular formula is C14H14N2O5. The lowest BCUT2D eigenvalue weighted by atomic mass is 10.1. The number of aromatic carboxylic acids is 1. The molecule has 1 aliphatic rings. The van der Waals surface area contributed by atoms with E-state index < -0.39 is 11.9 Å². The number of rotatable bonds is 3. The molecule has 1 atom stereocenters. The first-order valence-electron chi connectivity index (χ1n) is 6.54. The molecule has 110 valence electrons. The fraction of sp³-hybridized carbons (Fsp3) is 0.357. The van der Waals surface area contributed by atoms with Gasteiger partial charge in [-0.25, -0.2) is 14.6 Å². The second-order valence-corrected chi connectivity index (χ2v) is 4.81. The highest BCUT2D eigenvalue weighted by Crippen LogP contribution is 2.28. The van der Waals surface area contributed by atoms with Crippen LogP contribution in [0.4, 0.5) is 0 Å². The van der Waals surface area contributed by atoms with Crippen molar-refractivity contribution in [2.45, 2.75) is 12.3 Å². The van der Waals surface area contributed by atoms with Gasteiger partial charge in [0.2, 0.25) is 0 Å². The van der Waals surface area contributed by atoms with E-state index in [1.165, 1.54) is 7.11 Å². The maximum atomic E-state index is 11.9. The predicted molar refractivity (Wildman–Crippen MR) is 71.7 cm³/mol. The molecule has 1 N–H and O–H groups in total. The topological polar surface area (TPSA) is 90.1 Å². The highest BCUT2D eigenvalue weighted by Gasteiger charge is 2.28. The van der Waals surface area contributed by atoms with Gasteiger partial charge in [0.15, 0.2) is 5.69 Å². The third-order valence-corrected chi connectivity index (χ3v) is 3.58. The Hall–Kier alpha value is -2.41. The Morgan fingerprint density at radius 2 is 2.29 bits per heavy atom. The maximum absolute atomic E-state index is 11.9. The molecule has 7 heteroatoms. The lowest BCUT2D eigenvalue weighted by molar-refractivity contribution is 0.0590. The first-order valence-corrected chi connectivity index (χ1v) is 6.54. The molecule has 7 nitrogen and oxygen atoms in total. The van der Waals surface area contributed by atoms with Crippen LogP contribution >= 0.6 is 0 Å². The molecule has 1 fully saturated rings. The van der Waals surface area contributed by atoms with Gasteiger partial charge < -0.3 is 14.6 Å². The van der Waals surface area contributed by atoms with Crippen LogP contribution in [0.3, 0.4) is 0 Å². The zero-order valence-electron chi connectivity index (χ0n) is 11.4. The van der Waals surface area contributed by atoms with Crippen molar-refractivity contribution in [2.75, 3.05) is 20.3 Å². The van der Waals surface area contributed by atoms with E-state index in [1.54, 1.807) is 22.6 Å². The Morgan fingerprint density at radius 3 is 2.90 bits per heavy atom. The van der Waals surface area contributed by atoms with Crippen LogP contribution in [0.25, 0.3) is 5.52 Å². The van der Waals surface area contributed by atoms with E-state index in [0.717, 1.165) is 6.42 Å². The fourth-order valence-electron chi connectivity index (χ4n) is 2.60. The van der Waals surface area contributed by atoms with E-state index in [0.29, 0.717) is 24.6 Å². The molecule has 3 rings (SSSR count). The minimum absolute atomic E-state index is 0.0311. The molecule has 0 aromatic carbocycles. The highest BCUT2D eigenvalue weighted by atomic mass is 16.5. The number of carbonyl (C=O) groups is 2. The van der Waals surface area contributed by atoms with Gasteiger partial charge in [-0.1, -0.05) is 6.07 Å². The lowest BCUT2D eigenvalue weighted by Gasteiger charge is -2.10. The number of hydrogen-bond donors (Lipinski definition) is 1. The largest absolute Gasteiger partial charge is 0.476 e. The number of carboxylic acid groups (broad SMARTS) is 1. The van der Waals surface area contributed by atoms with E-state index in [1.807, 2.05) is 0 Å². The number of pyridine rings is 1. The number of aromatic nitrogens is 2. The summed E-state index contributed by atoms with van der Waals surface area (Å²) in [7, 11) is 1.29. The Labute approximate surface area is 120 Å². The van der Waals surface area contributed by atoms with Gasteiger partial charge in [-0.15, -0.1) is 0 Å². The number of imidazole rings is 1. The van der Waals surface area contributed by atoms with Gasteiger partial charge in [-0.3, -0.25) is 4.40 Å². The molecule has 0 amide bonds. The summed E-state index contributed by atoms with van der Waals surface area (Å²) in [6.45, 7) is 1.07. The van der Waals surface area contributed by atoms with Gasteiger partial charge >= 0.3 is 11.9 Å². The van der Waals surface area contributed by atoms with Crippen LogP contribution in [-0.4, -0.2) is 46.8 Å². The third kappa shape index (κ3) is 2.15. The summed E-state index contributed by atoms with van der Waals surface area (Å²) in [5.41, 5.74) is 0.576. The normalized spacial score (nSPS) is 18.0. The molecule has 1 unspecified atom stereocenters. The smallest absolute Gasteiger partial charge is 0.356 e. The van der Waals surface area contributed by atoms with E-state index in [-0.39, 0.29) is 17.3 Å². The van der Waals surface area contributed by atoms with Crippen molar-refractivity contribution in [3.8, 4) is 0 Å². The minimum Gasteiger partial charge on any atom is -0.476 e. The van der Waals surface area contributed by atoms with Gasteiger partial charge in [0, 0.05) is 12.5 Å². The third-order valence-electron chi connectivity index (χ3n) is 3.58. The summed E-state index contributed by atoms with van der Waals surface area (Å²) in [6.07, 6.45) is 0.744. The van der Waals surface area contributed by atoms with Gasteiger partial charge in [-0.05, 0) is 18.6 Å². The van der Waals surface area contributed by atoms with E-state index in [2.05, 4.69) is 4.98 Å². The van der Waals surface area contributed by atoms with Gasteiger partial charge in [0.05, 0.1) is 19.2 Å². The molecule has 1 aliphatic heterocycles. The summed E-state index contributed by atoms with van der Waals surface area (Å²) in [5, 5.41) is 9.30. The quantitative estimate of drug-likeness (QED) is 0.857. The molecule has 0 aliphatic carbocycles. The van der Waals surface area contributed by atoms with Gasteiger partial charge in [-0.2, -0.15) is 0 Å². The number of ether oxygens (including phenoxy) is 2. The number of esters is 1. The Kier molecular flexibility index (Phi) is 3.34. The Bertz CT molecular complexity index is 715. The molecule has 3 heterocycles. The van der Waals surface area contributed by atoms with Crippen molar-refractivity contribution in [2.24, 2.45) is 0 Å². The highest BCUT2D eigenvalue weighted by molar-refractivity contribution is 5.96. The van der Waals surface area contributed by atoms with Crippen LogP contribution in [0.1, 0.15) is 39.1 Å². The number of hydrogen-bond acceptors (Lipinski definition) is 5. The fourth-order valence-corrected chi connectivity index (χ4v) is 2.60. The molecule has 1 saturated heterocycles. The van der Waals surface area contributed by atoms with Gasteiger partial charge in [0.1, 0.15) is 11.5 Å². The molecule has 2 aromatic heterocycles. The van der Waals surface area contributed by atoms with Crippen molar-refractivity contribution in [1.29, 1.82) is 0 Å². The summed E-state index contributed by atoms with van der Waals surface area (Å²) >= 11 is 0. The predicted octanol–water partition coefficient (Wildman–Crippen LogP) is 1.32. The molecule has 0 bridgehead atoms. The molecule has 2 aromatic rings. The maximum Gasteiger partial charge on any atom is 0.356 e. The Balaban J connectivity index is 2.29. The average molecular weight is 290 g/mol. The van der Waals surface area contributed by atoms with Crippen LogP contribution in [0.15, 0.2) is 18.2 Å². The van der Waals surface area contributed by atoms with Crippen molar-refractivity contribution in [1.82, 2.24) is 9.38 Å². The summed E-state index contributed by atoms with van der Waals surface area (Å²) < 4.78 is 11.7. The standard InChI is InChI=1S/C14H14N2O5/c1-20-14(19)10-4-2-3-9-11(13(17)18)15-12(16(9)10)8-5-6-21-7-8/h2-4,8H,5-7H2,1H3,(H,17,18). The molecule has 0 radical (unpaired) electrons. The Morgan fingerprint density at radius 1 is 1.48 bits per heavy atom. The van der Waals surface area contributed by atoms with Crippen LogP contribution in [0.2, 0.25) is 0 Å². The van der Waals surface area contributed by atoms with E-state index in [9.17, 15) is 14.7 Å². The monoisotopic (exact) mass is 290 g/mol. The summed E-state index contributed by atoms with van der Waals surface area (Å²) in [5.74, 6) is -1.16. The average Bonchev–Trinajstić information content (AvgIpc) is 3.12. The van der Waals surface area contributed by atoms with Crippen molar-refractivity contribution >= 4 is 17.5 Å². The number of carbonyl (C=O) groups excluding carboxylic acids is 1. The van der Waals surface area contributed by atoms with Crippen LogP contribution < -0.4 is 0 Å². The first-order chi connectivity index (χ1) is 10.1. The summed E-state index contributed by atoms with van der Waals surface area (Å²) in [6, 6.07) is 4.83. The van der Waals surface area contributed by atoms with E-state index in [4.69, 9.17) is 9.47 Å². The molecule has 21 heavy (non-hydrogen) atoms. The molecule has 0 saturated carbocycles. The zero-order chi connectivity index (χ0) is 15.0. The minimum atomic E-state index is -1.13. The number of nitrogens with zero attached hydrogens (tertiary/aromatic N) is 2. The molecule has 0 spiro atoms. The van der Waals surface area contributed by atoms with Crippen molar-refractivity contribution in [3.63, 3.8) is 0 Å². The number of fused-ring (bicyclic) bond motifs is 1.